The van der Waals surface area contributed by atoms with Gasteiger partial charge >= 0.3 is 6.03 Å². The number of urea groups is 1. The zero-order valence-corrected chi connectivity index (χ0v) is 15.5. The van der Waals surface area contributed by atoms with Crippen molar-refractivity contribution in [3.8, 4) is 11.5 Å². The van der Waals surface area contributed by atoms with Gasteiger partial charge in [0.15, 0.2) is 4.34 Å². The molecule has 0 bridgehead atoms. The molecule has 8 nitrogen and oxygen atoms in total. The average molecular weight is 401 g/mol. The molecule has 1 heterocycles. The maximum absolute atomic E-state index is 11.4. The molecule has 3 amide bonds. The smallest absolute Gasteiger partial charge is 0.318 e. The highest BCUT2D eigenvalue weighted by Crippen LogP contribution is 2.29. The van der Waals surface area contributed by atoms with Gasteiger partial charge in [-0.1, -0.05) is 41.3 Å². The summed E-state index contributed by atoms with van der Waals surface area (Å²) in [4.78, 5) is 22.0. The molecule has 0 saturated carbocycles. The van der Waals surface area contributed by atoms with E-state index in [0.717, 1.165) is 17.2 Å². The van der Waals surface area contributed by atoms with Crippen LogP contribution in [0.5, 0.6) is 11.5 Å². The first kappa shape index (κ1) is 18.7. The van der Waals surface area contributed by atoms with E-state index in [9.17, 15) is 9.59 Å². The number of amides is 3. The summed E-state index contributed by atoms with van der Waals surface area (Å²) in [6.07, 6.45) is 0. The number of hydrogen-bond donors (Lipinski definition) is 3. The van der Waals surface area contributed by atoms with Crippen LogP contribution in [-0.2, 0) is 4.79 Å². The number of para-hydroxylation sites is 1. The Morgan fingerprint density at radius 1 is 1.04 bits per heavy atom. The van der Waals surface area contributed by atoms with Crippen LogP contribution in [0.3, 0.4) is 0 Å². The third-order valence-corrected chi connectivity index (χ3v) is 5.05. The second-order valence-corrected chi connectivity index (χ2v) is 7.34. The van der Waals surface area contributed by atoms with Gasteiger partial charge in [0.25, 0.3) is 0 Å². The molecule has 2 aromatic carbocycles. The largest absolute Gasteiger partial charge is 0.457 e. The van der Waals surface area contributed by atoms with Crippen molar-refractivity contribution in [1.82, 2.24) is 15.5 Å². The van der Waals surface area contributed by atoms with Gasteiger partial charge in [0.1, 0.15) is 11.5 Å². The fourth-order valence-electron chi connectivity index (χ4n) is 1.97. The van der Waals surface area contributed by atoms with Crippen molar-refractivity contribution in [2.45, 2.75) is 4.34 Å². The van der Waals surface area contributed by atoms with Crippen molar-refractivity contribution in [3.63, 3.8) is 0 Å². The first-order valence-corrected chi connectivity index (χ1v) is 9.54. The van der Waals surface area contributed by atoms with Gasteiger partial charge < -0.3 is 15.8 Å². The van der Waals surface area contributed by atoms with Gasteiger partial charge in [-0.15, -0.1) is 10.2 Å². The Balaban J connectivity index is 1.52. The van der Waals surface area contributed by atoms with E-state index in [0.29, 0.717) is 9.47 Å². The number of carbonyl (C=O) groups is 2. The van der Waals surface area contributed by atoms with Gasteiger partial charge in [-0.2, -0.15) is 0 Å². The van der Waals surface area contributed by atoms with Crippen LogP contribution in [0.15, 0.2) is 58.9 Å². The van der Waals surface area contributed by atoms with E-state index >= 15 is 0 Å². The second-order valence-electron chi connectivity index (χ2n) is 5.14. The third-order valence-electron chi connectivity index (χ3n) is 3.08. The summed E-state index contributed by atoms with van der Waals surface area (Å²) < 4.78 is 6.34. The number of nitrogens with two attached hydrogens (primary N) is 1. The Morgan fingerprint density at radius 3 is 2.44 bits per heavy atom. The SMILES string of the molecule is NC(=O)NC(=O)CSc1nnc(Nc2ccc(Oc3ccccc3)cc2)s1. The molecule has 0 aliphatic carbocycles. The molecule has 0 fully saturated rings. The van der Waals surface area contributed by atoms with Crippen molar-refractivity contribution < 1.29 is 14.3 Å². The van der Waals surface area contributed by atoms with Crippen LogP contribution in [0, 0.1) is 0 Å². The van der Waals surface area contributed by atoms with Gasteiger partial charge in [-0.05, 0) is 36.4 Å². The molecule has 10 heteroatoms. The lowest BCUT2D eigenvalue weighted by atomic mass is 10.3. The van der Waals surface area contributed by atoms with Crippen molar-refractivity contribution in [3.05, 3.63) is 54.6 Å². The summed E-state index contributed by atoms with van der Waals surface area (Å²) in [6.45, 7) is 0. The van der Waals surface area contributed by atoms with Crippen LogP contribution in [0.25, 0.3) is 0 Å². The lowest BCUT2D eigenvalue weighted by Gasteiger charge is -2.06. The molecule has 27 heavy (non-hydrogen) atoms. The molecular formula is C17H15N5O3S2. The molecule has 1 aromatic heterocycles. The van der Waals surface area contributed by atoms with Crippen LogP contribution in [0.1, 0.15) is 0 Å². The fourth-order valence-corrected chi connectivity index (χ4v) is 3.55. The van der Waals surface area contributed by atoms with E-state index in [2.05, 4.69) is 15.5 Å². The zero-order chi connectivity index (χ0) is 19.1. The number of rotatable bonds is 7. The number of hydrogen-bond acceptors (Lipinski definition) is 8. The molecular weight excluding hydrogens is 386 g/mol. The minimum absolute atomic E-state index is 0.0308. The molecule has 4 N–H and O–H groups in total. The standard InChI is InChI=1S/C17H15N5O3S2/c18-15(24)20-14(23)10-26-17-22-21-16(27-17)19-11-6-8-13(9-7-11)25-12-4-2-1-3-5-12/h1-9H,10H2,(H,19,21)(H3,18,20,23,24). The topological polar surface area (TPSA) is 119 Å². The molecule has 0 aliphatic rings. The highest BCUT2D eigenvalue weighted by atomic mass is 32.2. The molecule has 3 aromatic rings. The van der Waals surface area contributed by atoms with Gasteiger partial charge in [-0.3, -0.25) is 10.1 Å². The normalized spacial score (nSPS) is 10.2. The van der Waals surface area contributed by atoms with Gasteiger partial charge in [0, 0.05) is 5.69 Å². The highest BCUT2D eigenvalue weighted by molar-refractivity contribution is 8.01. The van der Waals surface area contributed by atoms with Crippen LogP contribution in [0.2, 0.25) is 0 Å². The summed E-state index contributed by atoms with van der Waals surface area (Å²) in [7, 11) is 0. The predicted octanol–water partition coefficient (Wildman–Crippen LogP) is 3.36. The Labute approximate surface area is 163 Å². The number of primary amides is 1. The average Bonchev–Trinajstić information content (AvgIpc) is 3.09. The predicted molar refractivity (Wildman–Crippen MR) is 105 cm³/mol. The Hall–Kier alpha value is -3.11. The number of nitrogens with one attached hydrogen (secondary N) is 2. The van der Waals surface area contributed by atoms with Crippen molar-refractivity contribution in [2.24, 2.45) is 5.73 Å². The number of benzene rings is 2. The zero-order valence-electron chi connectivity index (χ0n) is 13.9. The maximum Gasteiger partial charge on any atom is 0.318 e. The summed E-state index contributed by atoms with van der Waals surface area (Å²) in [5, 5.41) is 13.7. The van der Waals surface area contributed by atoms with E-state index < -0.39 is 11.9 Å². The molecule has 0 saturated heterocycles. The van der Waals surface area contributed by atoms with E-state index in [1.54, 1.807) is 0 Å². The lowest BCUT2D eigenvalue weighted by molar-refractivity contribution is -0.117. The monoisotopic (exact) mass is 401 g/mol. The number of thioether (sulfide) groups is 1. The van der Waals surface area contributed by atoms with Crippen molar-refractivity contribution >= 4 is 45.9 Å². The van der Waals surface area contributed by atoms with Crippen LogP contribution >= 0.6 is 23.1 Å². The Kier molecular flexibility index (Phi) is 6.23. The number of aromatic nitrogens is 2. The lowest BCUT2D eigenvalue weighted by Crippen LogP contribution is -2.36. The minimum atomic E-state index is -0.875. The Morgan fingerprint density at radius 2 is 1.74 bits per heavy atom. The summed E-state index contributed by atoms with van der Waals surface area (Å²) in [5.74, 6) is 1.04. The molecule has 0 atom stereocenters. The second kappa shape index (κ2) is 9.01. The number of nitrogens with zero attached hydrogens (tertiary/aromatic N) is 2. The van der Waals surface area contributed by atoms with Crippen molar-refractivity contribution in [2.75, 3.05) is 11.1 Å². The molecule has 0 radical (unpaired) electrons. The first-order valence-electron chi connectivity index (χ1n) is 7.74. The molecule has 138 valence electrons. The van der Waals surface area contributed by atoms with Gasteiger partial charge in [0.05, 0.1) is 5.75 Å². The van der Waals surface area contributed by atoms with Crippen LogP contribution in [-0.4, -0.2) is 27.9 Å². The van der Waals surface area contributed by atoms with Gasteiger partial charge in [-0.25, -0.2) is 4.79 Å². The number of anilines is 2. The first-order chi connectivity index (χ1) is 13.1. The van der Waals surface area contributed by atoms with E-state index in [4.69, 9.17) is 10.5 Å². The molecule has 0 aliphatic heterocycles. The number of imide groups is 1. The highest BCUT2D eigenvalue weighted by Gasteiger charge is 2.09. The Bertz CT molecular complexity index is 916. The van der Waals surface area contributed by atoms with E-state index in [1.807, 2.05) is 59.9 Å². The summed E-state index contributed by atoms with van der Waals surface area (Å²) in [5.41, 5.74) is 5.71. The van der Waals surface area contributed by atoms with Crippen molar-refractivity contribution in [1.29, 1.82) is 0 Å². The quantitative estimate of drug-likeness (QED) is 0.519. The van der Waals surface area contributed by atoms with Crippen LogP contribution in [0.4, 0.5) is 15.6 Å². The van der Waals surface area contributed by atoms with Crippen LogP contribution < -0.4 is 21.1 Å². The molecule has 0 unspecified atom stereocenters. The number of carbonyl (C=O) groups excluding carboxylic acids is 2. The van der Waals surface area contributed by atoms with E-state index in [1.165, 1.54) is 23.1 Å². The molecule has 0 spiro atoms. The fraction of sp³-hybridized carbons (Fsp3) is 0.0588. The molecule has 3 rings (SSSR count). The van der Waals surface area contributed by atoms with Gasteiger partial charge in [0.2, 0.25) is 11.0 Å². The number of ether oxygens (including phenoxy) is 1. The maximum atomic E-state index is 11.4. The van der Waals surface area contributed by atoms with E-state index in [-0.39, 0.29) is 5.75 Å². The minimum Gasteiger partial charge on any atom is -0.457 e. The third kappa shape index (κ3) is 5.97. The summed E-state index contributed by atoms with van der Waals surface area (Å²) >= 11 is 2.47. The summed E-state index contributed by atoms with van der Waals surface area (Å²) in [6, 6.07) is 16.1.